The molecule has 7 rings (SSSR count). The molecule has 6 aromatic rings. The molecule has 1 fully saturated rings. The zero-order valence-electron chi connectivity index (χ0n) is 20.4. The van der Waals surface area contributed by atoms with Gasteiger partial charge < -0.3 is 15.5 Å². The van der Waals surface area contributed by atoms with Gasteiger partial charge in [-0.2, -0.15) is 22.8 Å². The minimum absolute atomic E-state index is 0.108. The Kier molecular flexibility index (Phi) is 5.14. The molecule has 5 aromatic heterocycles. The number of pyridine rings is 1. The van der Waals surface area contributed by atoms with Crippen LogP contribution in [-0.4, -0.2) is 46.3 Å². The van der Waals surface area contributed by atoms with E-state index >= 15 is 0 Å². The van der Waals surface area contributed by atoms with Crippen molar-refractivity contribution in [3.05, 3.63) is 72.4 Å². The number of halogens is 3. The summed E-state index contributed by atoms with van der Waals surface area (Å²) in [4.78, 5) is 25.2. The van der Waals surface area contributed by atoms with Crippen LogP contribution in [0.15, 0.2) is 65.5 Å². The molecule has 5 heterocycles. The second-order valence-corrected chi connectivity index (χ2v) is 9.35. The maximum absolute atomic E-state index is 13.7. The summed E-state index contributed by atoms with van der Waals surface area (Å²) in [5.41, 5.74) is 7.45. The molecule has 0 spiro atoms. The number of alkyl halides is 3. The molecule has 1 aliphatic carbocycles. The lowest BCUT2D eigenvalue weighted by atomic mass is 10.0. The SMILES string of the molecule is Nc1nc(-c2ccco2)c(-c2ccc3ncc(C(F)(F)F)n3c2)c(-n2nnc3cc(C(=O)NC4CC4)ccc32)n1. The summed E-state index contributed by atoms with van der Waals surface area (Å²) in [6.45, 7) is 0. The van der Waals surface area contributed by atoms with E-state index in [1.807, 2.05) is 0 Å². The van der Waals surface area contributed by atoms with Gasteiger partial charge in [-0.3, -0.25) is 9.20 Å². The van der Waals surface area contributed by atoms with Gasteiger partial charge in [0.1, 0.15) is 22.6 Å². The van der Waals surface area contributed by atoms with Crippen molar-refractivity contribution in [3.8, 4) is 28.4 Å². The molecule has 0 atom stereocenters. The molecule has 200 valence electrons. The zero-order chi connectivity index (χ0) is 27.6. The van der Waals surface area contributed by atoms with E-state index in [2.05, 4.69) is 30.6 Å². The lowest BCUT2D eigenvalue weighted by Crippen LogP contribution is -2.25. The summed E-state index contributed by atoms with van der Waals surface area (Å²) < 4.78 is 49.1. The van der Waals surface area contributed by atoms with Crippen molar-refractivity contribution >= 4 is 28.5 Å². The van der Waals surface area contributed by atoms with Crippen molar-refractivity contribution in [3.63, 3.8) is 0 Å². The Morgan fingerprint density at radius 1 is 1.12 bits per heavy atom. The molecule has 1 saturated carbocycles. The normalized spacial score (nSPS) is 13.8. The molecule has 14 heteroatoms. The Hall–Kier alpha value is -5.27. The Morgan fingerprint density at radius 3 is 2.73 bits per heavy atom. The minimum Gasteiger partial charge on any atom is -0.463 e. The first-order chi connectivity index (χ1) is 19.3. The second-order valence-electron chi connectivity index (χ2n) is 9.35. The Morgan fingerprint density at radius 2 is 1.98 bits per heavy atom. The standard InChI is InChI=1S/C26H18F3N9O2/c27-26(28,29)19-11-31-20-8-4-14(12-37(19)20)21-22(18-2-1-9-40-18)33-25(30)34-23(21)38-17-7-3-13(10-16(17)35-36-38)24(39)32-15-5-6-15/h1-4,7-12,15H,5-6H2,(H,32,39)(H2,30,33,34). The Labute approximate surface area is 222 Å². The summed E-state index contributed by atoms with van der Waals surface area (Å²) in [6, 6.07) is 11.5. The number of hydrogen-bond acceptors (Lipinski definition) is 8. The van der Waals surface area contributed by atoms with E-state index in [9.17, 15) is 18.0 Å². The molecule has 3 N–H and O–H groups in total. The Balaban J connectivity index is 1.44. The van der Waals surface area contributed by atoms with Crippen molar-refractivity contribution in [2.75, 3.05) is 5.73 Å². The number of furan rings is 1. The fraction of sp³-hybridized carbons (Fsp3) is 0.154. The number of nitrogens with zero attached hydrogens (tertiary/aromatic N) is 7. The average Bonchev–Trinajstić information content (AvgIpc) is 3.32. The first kappa shape index (κ1) is 23.8. The molecule has 0 aliphatic heterocycles. The number of imidazole rings is 1. The third-order valence-electron chi connectivity index (χ3n) is 6.57. The van der Waals surface area contributed by atoms with Crippen molar-refractivity contribution in [1.82, 2.24) is 39.7 Å². The quantitative estimate of drug-likeness (QED) is 0.327. The highest BCUT2D eigenvalue weighted by atomic mass is 19.4. The number of benzene rings is 1. The van der Waals surface area contributed by atoms with E-state index in [0.717, 1.165) is 23.4 Å². The van der Waals surface area contributed by atoms with Gasteiger partial charge in [-0.25, -0.2) is 9.97 Å². The number of nitrogen functional groups attached to an aromatic ring is 1. The van der Waals surface area contributed by atoms with Gasteiger partial charge in [-0.1, -0.05) is 5.21 Å². The smallest absolute Gasteiger partial charge is 0.433 e. The van der Waals surface area contributed by atoms with Crippen LogP contribution in [0.25, 0.3) is 45.1 Å². The highest BCUT2D eigenvalue weighted by Gasteiger charge is 2.35. The first-order valence-corrected chi connectivity index (χ1v) is 12.2. The molecular formula is C26H18F3N9O2. The first-order valence-electron chi connectivity index (χ1n) is 12.2. The number of amides is 1. The minimum atomic E-state index is -4.63. The van der Waals surface area contributed by atoms with Crippen molar-refractivity contribution in [1.29, 1.82) is 0 Å². The van der Waals surface area contributed by atoms with Crippen molar-refractivity contribution in [2.45, 2.75) is 25.1 Å². The fourth-order valence-corrected chi connectivity index (χ4v) is 4.53. The van der Waals surface area contributed by atoms with E-state index in [1.54, 1.807) is 36.4 Å². The number of aromatic nitrogens is 7. The van der Waals surface area contributed by atoms with Crippen LogP contribution < -0.4 is 11.1 Å². The van der Waals surface area contributed by atoms with Gasteiger partial charge in [0.15, 0.2) is 11.6 Å². The molecule has 0 bridgehead atoms. The highest BCUT2D eigenvalue weighted by Crippen LogP contribution is 2.38. The summed E-state index contributed by atoms with van der Waals surface area (Å²) >= 11 is 0. The van der Waals surface area contributed by atoms with Crippen LogP contribution in [-0.2, 0) is 6.18 Å². The molecule has 40 heavy (non-hydrogen) atoms. The van der Waals surface area contributed by atoms with Gasteiger partial charge in [0.25, 0.3) is 5.91 Å². The summed E-state index contributed by atoms with van der Waals surface area (Å²) in [7, 11) is 0. The van der Waals surface area contributed by atoms with Crippen LogP contribution in [0.3, 0.4) is 0 Å². The van der Waals surface area contributed by atoms with Crippen LogP contribution in [0.2, 0.25) is 0 Å². The number of carbonyl (C=O) groups is 1. The topological polar surface area (TPSA) is 142 Å². The third-order valence-corrected chi connectivity index (χ3v) is 6.57. The van der Waals surface area contributed by atoms with Crippen LogP contribution in [0.5, 0.6) is 0 Å². The number of hydrogen-bond donors (Lipinski definition) is 2. The molecule has 1 aliphatic rings. The number of anilines is 1. The van der Waals surface area contributed by atoms with Crippen LogP contribution >= 0.6 is 0 Å². The van der Waals surface area contributed by atoms with Crippen molar-refractivity contribution < 1.29 is 22.4 Å². The predicted octanol–water partition coefficient (Wildman–Crippen LogP) is 4.28. The lowest BCUT2D eigenvalue weighted by Gasteiger charge is -2.15. The van der Waals surface area contributed by atoms with Crippen molar-refractivity contribution in [2.24, 2.45) is 0 Å². The van der Waals surface area contributed by atoms with Crippen LogP contribution in [0.4, 0.5) is 19.1 Å². The maximum Gasteiger partial charge on any atom is 0.433 e. The van der Waals surface area contributed by atoms with Crippen LogP contribution in [0.1, 0.15) is 28.9 Å². The average molecular weight is 545 g/mol. The summed E-state index contributed by atoms with van der Waals surface area (Å²) in [5.74, 6) is 0.147. The summed E-state index contributed by atoms with van der Waals surface area (Å²) in [6.07, 6.45) is 0.792. The highest BCUT2D eigenvalue weighted by molar-refractivity contribution is 5.98. The largest absolute Gasteiger partial charge is 0.463 e. The number of carbonyl (C=O) groups excluding carboxylic acids is 1. The molecule has 0 saturated heterocycles. The summed E-state index contributed by atoms with van der Waals surface area (Å²) in [5, 5.41) is 11.4. The monoisotopic (exact) mass is 545 g/mol. The van der Waals surface area contributed by atoms with E-state index in [4.69, 9.17) is 10.2 Å². The van der Waals surface area contributed by atoms with E-state index in [-0.39, 0.29) is 35.1 Å². The molecule has 1 amide bonds. The van der Waals surface area contributed by atoms with Gasteiger partial charge in [-0.05, 0) is 55.3 Å². The molecule has 1 aromatic carbocycles. The van der Waals surface area contributed by atoms with E-state index in [1.165, 1.54) is 23.2 Å². The van der Waals surface area contributed by atoms with Gasteiger partial charge in [0, 0.05) is 23.4 Å². The van der Waals surface area contributed by atoms with Gasteiger partial charge >= 0.3 is 6.18 Å². The van der Waals surface area contributed by atoms with E-state index < -0.39 is 11.9 Å². The number of nitrogens with one attached hydrogen (secondary N) is 1. The van der Waals surface area contributed by atoms with Gasteiger partial charge in [-0.15, -0.1) is 5.10 Å². The molecular weight excluding hydrogens is 527 g/mol. The van der Waals surface area contributed by atoms with Gasteiger partial charge in [0.05, 0.1) is 23.5 Å². The number of fused-ring (bicyclic) bond motifs is 2. The zero-order valence-corrected chi connectivity index (χ0v) is 20.4. The third kappa shape index (κ3) is 4.00. The second kappa shape index (κ2) is 8.62. The Bertz CT molecular complexity index is 1920. The lowest BCUT2D eigenvalue weighted by molar-refractivity contribution is -0.141. The predicted molar refractivity (Wildman–Crippen MR) is 136 cm³/mol. The number of rotatable bonds is 5. The number of nitrogens with two attached hydrogens (primary N) is 1. The molecule has 0 radical (unpaired) electrons. The molecule has 11 nitrogen and oxygen atoms in total. The van der Waals surface area contributed by atoms with Crippen LogP contribution in [0, 0.1) is 0 Å². The molecule has 0 unspecified atom stereocenters. The fourth-order valence-electron chi connectivity index (χ4n) is 4.53. The van der Waals surface area contributed by atoms with Gasteiger partial charge in [0.2, 0.25) is 5.95 Å². The maximum atomic E-state index is 13.7. The van der Waals surface area contributed by atoms with E-state index in [0.29, 0.717) is 33.5 Å².